The molecule has 0 saturated heterocycles. The zero-order valence-electron chi connectivity index (χ0n) is 12.3. The highest BCUT2D eigenvalue weighted by atomic mass is 79.9. The molecule has 1 N–H and O–H groups in total. The first kappa shape index (κ1) is 15.7. The number of hydrogen-bond acceptors (Lipinski definition) is 4. The molecule has 0 spiro atoms. The molecule has 1 fully saturated rings. The Morgan fingerprint density at radius 2 is 1.91 bits per heavy atom. The van der Waals surface area contributed by atoms with Crippen LogP contribution in [0.25, 0.3) is 0 Å². The molecule has 3 rings (SSSR count). The van der Waals surface area contributed by atoms with E-state index in [4.69, 9.17) is 0 Å². The van der Waals surface area contributed by atoms with Gasteiger partial charge in [0.25, 0.3) is 11.8 Å². The lowest BCUT2D eigenvalue weighted by Crippen LogP contribution is -2.49. The van der Waals surface area contributed by atoms with Crippen LogP contribution in [0.15, 0.2) is 22.7 Å². The number of carbonyl (C=O) groups is 3. The monoisotopic (exact) mass is 375 g/mol. The Kier molecular flexibility index (Phi) is 3.94. The largest absolute Gasteiger partial charge is 0.336 e. The van der Waals surface area contributed by atoms with Crippen LogP contribution in [0.5, 0.6) is 0 Å². The fraction of sp³-hybridized carbons (Fsp3) is 0.375. The molecule has 1 aliphatic carbocycles. The molecule has 1 aromatic carbocycles. The van der Waals surface area contributed by atoms with Crippen molar-refractivity contribution in [2.75, 3.05) is 6.54 Å². The predicted octanol–water partition coefficient (Wildman–Crippen LogP) is 2.00. The van der Waals surface area contributed by atoms with Crippen LogP contribution >= 0.6 is 15.9 Å². The van der Waals surface area contributed by atoms with Crippen LogP contribution in [0.2, 0.25) is 0 Å². The molecule has 7 heteroatoms. The number of amides is 3. The number of benzene rings is 1. The molecule has 0 atom stereocenters. The molecule has 23 heavy (non-hydrogen) atoms. The lowest BCUT2D eigenvalue weighted by atomic mass is 10.00. The van der Waals surface area contributed by atoms with Crippen LogP contribution < -0.4 is 5.32 Å². The molecule has 118 valence electrons. The topological polar surface area (TPSA) is 90.3 Å². The number of nitriles is 1. The van der Waals surface area contributed by atoms with Gasteiger partial charge in [-0.25, -0.2) is 0 Å². The highest BCUT2D eigenvalue weighted by molar-refractivity contribution is 9.10. The van der Waals surface area contributed by atoms with Gasteiger partial charge in [0.15, 0.2) is 0 Å². The van der Waals surface area contributed by atoms with E-state index in [1.54, 1.807) is 18.2 Å². The molecule has 1 aromatic rings. The maximum absolute atomic E-state index is 12.3. The second kappa shape index (κ2) is 5.78. The van der Waals surface area contributed by atoms with E-state index in [1.807, 2.05) is 0 Å². The van der Waals surface area contributed by atoms with Crippen molar-refractivity contribution < 1.29 is 14.4 Å². The van der Waals surface area contributed by atoms with Crippen LogP contribution in [0.1, 0.15) is 46.4 Å². The van der Waals surface area contributed by atoms with Crippen molar-refractivity contribution in [2.24, 2.45) is 0 Å². The first-order valence-corrected chi connectivity index (χ1v) is 8.13. The van der Waals surface area contributed by atoms with E-state index in [0.29, 0.717) is 22.9 Å². The summed E-state index contributed by atoms with van der Waals surface area (Å²) in [5, 5.41) is 12.0. The fourth-order valence-electron chi connectivity index (χ4n) is 3.10. The van der Waals surface area contributed by atoms with E-state index in [0.717, 1.165) is 17.7 Å². The normalized spacial score (nSPS) is 18.7. The zero-order chi connectivity index (χ0) is 16.6. The molecular formula is C16H14BrN3O3. The van der Waals surface area contributed by atoms with Crippen LogP contribution in [-0.4, -0.2) is 34.7 Å². The van der Waals surface area contributed by atoms with Gasteiger partial charge in [0.1, 0.15) is 12.1 Å². The Labute approximate surface area is 141 Å². The van der Waals surface area contributed by atoms with Crippen molar-refractivity contribution in [2.45, 2.75) is 31.2 Å². The number of fused-ring (bicyclic) bond motifs is 1. The lowest BCUT2D eigenvalue weighted by Gasteiger charge is -2.23. The maximum atomic E-state index is 12.3. The van der Waals surface area contributed by atoms with Crippen molar-refractivity contribution in [3.63, 3.8) is 0 Å². The van der Waals surface area contributed by atoms with E-state index in [9.17, 15) is 19.6 Å². The quantitative estimate of drug-likeness (QED) is 0.817. The summed E-state index contributed by atoms with van der Waals surface area (Å²) in [6.07, 6.45) is 2.97. The molecule has 0 unspecified atom stereocenters. The summed E-state index contributed by atoms with van der Waals surface area (Å²) in [6.45, 7) is -0.368. The summed E-state index contributed by atoms with van der Waals surface area (Å²) in [5.41, 5.74) is -0.284. The van der Waals surface area contributed by atoms with Crippen LogP contribution in [-0.2, 0) is 4.79 Å². The maximum Gasteiger partial charge on any atom is 0.262 e. The molecular weight excluding hydrogens is 362 g/mol. The van der Waals surface area contributed by atoms with Gasteiger partial charge >= 0.3 is 0 Å². The summed E-state index contributed by atoms with van der Waals surface area (Å²) in [6, 6.07) is 6.96. The average Bonchev–Trinajstić information content (AvgIpc) is 3.07. The average molecular weight is 376 g/mol. The van der Waals surface area contributed by atoms with E-state index < -0.39 is 23.3 Å². The number of rotatable bonds is 3. The minimum Gasteiger partial charge on any atom is -0.336 e. The van der Waals surface area contributed by atoms with Crippen molar-refractivity contribution in [3.05, 3.63) is 33.8 Å². The van der Waals surface area contributed by atoms with Gasteiger partial charge in [-0.1, -0.05) is 15.9 Å². The van der Waals surface area contributed by atoms with Gasteiger partial charge in [-0.15, -0.1) is 0 Å². The number of halogens is 1. The zero-order valence-corrected chi connectivity index (χ0v) is 13.9. The second-order valence-electron chi connectivity index (χ2n) is 5.84. The number of hydrogen-bond donors (Lipinski definition) is 1. The van der Waals surface area contributed by atoms with E-state index in [1.165, 1.54) is 0 Å². The van der Waals surface area contributed by atoms with Gasteiger partial charge < -0.3 is 5.32 Å². The summed E-state index contributed by atoms with van der Waals surface area (Å²) < 4.78 is 0.693. The first-order valence-electron chi connectivity index (χ1n) is 7.34. The Bertz CT molecular complexity index is 747. The highest BCUT2D eigenvalue weighted by Gasteiger charge is 2.39. The third-order valence-corrected chi connectivity index (χ3v) is 4.78. The fourth-order valence-corrected chi connectivity index (χ4v) is 3.46. The standard InChI is InChI=1S/C16H14BrN3O3/c17-10-3-4-11-12(7-10)15(23)20(14(11)22)8-13(21)19-16(9-18)5-1-2-6-16/h3-4,7H,1-2,5-6,8H2,(H,19,21). The van der Waals surface area contributed by atoms with Crippen molar-refractivity contribution in [1.29, 1.82) is 5.26 Å². The molecule has 0 radical (unpaired) electrons. The van der Waals surface area contributed by atoms with Gasteiger partial charge in [0.05, 0.1) is 17.2 Å². The lowest BCUT2D eigenvalue weighted by molar-refractivity contribution is -0.122. The van der Waals surface area contributed by atoms with Gasteiger partial charge in [-0.2, -0.15) is 5.26 Å². The molecule has 1 saturated carbocycles. The van der Waals surface area contributed by atoms with Gasteiger partial charge in [0.2, 0.25) is 5.91 Å². The molecule has 1 aliphatic heterocycles. The minimum atomic E-state index is -0.862. The smallest absolute Gasteiger partial charge is 0.262 e. The Hall–Kier alpha value is -2.20. The highest BCUT2D eigenvalue weighted by Crippen LogP contribution is 2.29. The molecule has 0 aromatic heterocycles. The van der Waals surface area contributed by atoms with Crippen molar-refractivity contribution >= 4 is 33.7 Å². The predicted molar refractivity (Wildman–Crippen MR) is 84.5 cm³/mol. The number of carbonyl (C=O) groups excluding carboxylic acids is 3. The Morgan fingerprint density at radius 3 is 2.57 bits per heavy atom. The first-order chi connectivity index (χ1) is 11.0. The Balaban J connectivity index is 1.74. The summed E-state index contributed by atoms with van der Waals surface area (Å²) in [7, 11) is 0. The second-order valence-corrected chi connectivity index (χ2v) is 6.75. The van der Waals surface area contributed by atoms with Gasteiger partial charge in [0, 0.05) is 4.47 Å². The van der Waals surface area contributed by atoms with Crippen LogP contribution in [0, 0.1) is 11.3 Å². The van der Waals surface area contributed by atoms with Crippen molar-refractivity contribution in [3.8, 4) is 6.07 Å². The SMILES string of the molecule is N#CC1(NC(=O)CN2C(=O)c3ccc(Br)cc3C2=O)CCCC1. The molecule has 1 heterocycles. The minimum absolute atomic E-state index is 0.285. The van der Waals surface area contributed by atoms with E-state index >= 15 is 0 Å². The number of imide groups is 1. The number of nitrogens with one attached hydrogen (secondary N) is 1. The van der Waals surface area contributed by atoms with E-state index in [2.05, 4.69) is 27.3 Å². The molecule has 3 amide bonds. The van der Waals surface area contributed by atoms with Crippen molar-refractivity contribution in [1.82, 2.24) is 10.2 Å². The summed E-state index contributed by atoms with van der Waals surface area (Å²) >= 11 is 3.26. The molecule has 0 bridgehead atoms. The van der Waals surface area contributed by atoms with Gasteiger partial charge in [-0.3, -0.25) is 19.3 Å². The van der Waals surface area contributed by atoms with E-state index in [-0.39, 0.29) is 12.1 Å². The molecule has 2 aliphatic rings. The van der Waals surface area contributed by atoms with Gasteiger partial charge in [-0.05, 0) is 43.9 Å². The Morgan fingerprint density at radius 1 is 1.26 bits per heavy atom. The summed E-state index contributed by atoms with van der Waals surface area (Å²) in [4.78, 5) is 37.7. The third kappa shape index (κ3) is 2.75. The number of nitrogens with zero attached hydrogens (tertiary/aromatic N) is 2. The van der Waals surface area contributed by atoms with Crippen LogP contribution in [0.3, 0.4) is 0 Å². The molecule has 6 nitrogen and oxygen atoms in total. The third-order valence-electron chi connectivity index (χ3n) is 4.28. The summed E-state index contributed by atoms with van der Waals surface area (Å²) in [5.74, 6) is -1.45. The van der Waals surface area contributed by atoms with Crippen LogP contribution in [0.4, 0.5) is 0 Å².